The molecule has 1 unspecified atom stereocenters. The van der Waals surface area contributed by atoms with Crippen molar-refractivity contribution < 1.29 is 4.74 Å². The molecule has 174 valence electrons. The summed E-state index contributed by atoms with van der Waals surface area (Å²) in [4.78, 5) is 11.2. The molecule has 2 aromatic carbocycles. The number of hydrogen-bond donors (Lipinski definition) is 2. The summed E-state index contributed by atoms with van der Waals surface area (Å²) < 4.78 is 7.55. The van der Waals surface area contributed by atoms with E-state index in [4.69, 9.17) is 4.74 Å². The van der Waals surface area contributed by atoms with E-state index < -0.39 is 0 Å². The lowest BCUT2D eigenvalue weighted by Gasteiger charge is -2.26. The first-order valence-electron chi connectivity index (χ1n) is 10.7. The van der Waals surface area contributed by atoms with Crippen molar-refractivity contribution in [1.29, 1.82) is 0 Å². The molecule has 0 saturated heterocycles. The molecule has 0 spiro atoms. The Morgan fingerprint density at radius 1 is 1.12 bits per heavy atom. The van der Waals surface area contributed by atoms with E-state index in [9.17, 15) is 0 Å². The Morgan fingerprint density at radius 3 is 2.50 bits per heavy atom. The fourth-order valence-electron chi connectivity index (χ4n) is 3.76. The van der Waals surface area contributed by atoms with Gasteiger partial charge in [0.15, 0.2) is 5.96 Å². The molecule has 8 heteroatoms. The van der Waals surface area contributed by atoms with Gasteiger partial charge in [-0.3, -0.25) is 4.99 Å². The second kappa shape index (κ2) is 12.6. The first kappa shape index (κ1) is 25.9. The van der Waals surface area contributed by atoms with E-state index in [-0.39, 0.29) is 30.0 Å². The Labute approximate surface area is 208 Å². The average Bonchev–Trinajstić information content (AvgIpc) is 3.10. The summed E-state index contributed by atoms with van der Waals surface area (Å²) in [6.45, 7) is 4.57. The Kier molecular flexibility index (Phi) is 10.2. The maximum absolute atomic E-state index is 5.27. The Bertz CT molecular complexity index is 999. The van der Waals surface area contributed by atoms with Crippen molar-refractivity contribution in [3.8, 4) is 5.75 Å². The van der Waals surface area contributed by atoms with Crippen molar-refractivity contribution >= 4 is 41.0 Å². The highest BCUT2D eigenvalue weighted by atomic mass is 127. The van der Waals surface area contributed by atoms with Gasteiger partial charge < -0.3 is 24.8 Å². The number of nitrogens with zero attached hydrogens (tertiary/aromatic N) is 4. The van der Waals surface area contributed by atoms with Gasteiger partial charge in [0.25, 0.3) is 0 Å². The molecule has 3 aromatic rings. The molecule has 3 rings (SSSR count). The number of imidazole rings is 1. The fraction of sp³-hybridized carbons (Fsp3) is 0.417. The van der Waals surface area contributed by atoms with Crippen molar-refractivity contribution in [1.82, 2.24) is 25.1 Å². The highest BCUT2D eigenvalue weighted by Crippen LogP contribution is 2.20. The zero-order valence-corrected chi connectivity index (χ0v) is 22.0. The number of para-hydroxylation sites is 2. The van der Waals surface area contributed by atoms with E-state index in [0.717, 1.165) is 49.1 Å². The van der Waals surface area contributed by atoms with Gasteiger partial charge in [0, 0.05) is 26.7 Å². The highest BCUT2D eigenvalue weighted by molar-refractivity contribution is 14.0. The standard InChI is InChI=1S/C24H34N6O.HI/c1-18-28-21-9-6-7-10-22(21)30(18)16-8-15-26-24(25-2)27-17-23(29(3)4)19-11-13-20(31-5)14-12-19;/h6-7,9-14,23H,8,15-17H2,1-5H3,(H2,25,26,27);1H. The molecule has 2 N–H and O–H groups in total. The van der Waals surface area contributed by atoms with Gasteiger partial charge in [0.1, 0.15) is 11.6 Å². The molecule has 0 fully saturated rings. The molecular formula is C24H35IN6O. The van der Waals surface area contributed by atoms with Crippen LogP contribution in [0.15, 0.2) is 53.5 Å². The average molecular weight is 550 g/mol. The van der Waals surface area contributed by atoms with E-state index in [1.807, 2.05) is 18.2 Å². The quantitative estimate of drug-likeness (QED) is 0.184. The van der Waals surface area contributed by atoms with Crippen molar-refractivity contribution in [2.45, 2.75) is 25.9 Å². The van der Waals surface area contributed by atoms with Crippen LogP contribution in [0.4, 0.5) is 0 Å². The lowest BCUT2D eigenvalue weighted by atomic mass is 10.1. The second-order valence-corrected chi connectivity index (χ2v) is 7.79. The minimum Gasteiger partial charge on any atom is -0.497 e. The molecule has 1 heterocycles. The zero-order valence-electron chi connectivity index (χ0n) is 19.6. The maximum Gasteiger partial charge on any atom is 0.191 e. The molecule has 0 aliphatic heterocycles. The lowest BCUT2D eigenvalue weighted by Crippen LogP contribution is -2.42. The number of aromatic nitrogens is 2. The summed E-state index contributed by atoms with van der Waals surface area (Å²) in [6, 6.07) is 16.7. The molecule has 32 heavy (non-hydrogen) atoms. The van der Waals surface area contributed by atoms with Gasteiger partial charge in [0.05, 0.1) is 24.2 Å². The number of hydrogen-bond acceptors (Lipinski definition) is 4. The Morgan fingerprint density at radius 2 is 1.84 bits per heavy atom. The molecule has 0 bridgehead atoms. The van der Waals surface area contributed by atoms with Gasteiger partial charge in [-0.25, -0.2) is 4.98 Å². The third-order valence-electron chi connectivity index (χ3n) is 5.51. The van der Waals surface area contributed by atoms with E-state index in [1.54, 1.807) is 14.2 Å². The van der Waals surface area contributed by atoms with Gasteiger partial charge in [-0.15, -0.1) is 24.0 Å². The van der Waals surface area contributed by atoms with E-state index in [0.29, 0.717) is 0 Å². The summed E-state index contributed by atoms with van der Waals surface area (Å²) in [5.41, 5.74) is 3.48. The summed E-state index contributed by atoms with van der Waals surface area (Å²) >= 11 is 0. The van der Waals surface area contributed by atoms with Crippen molar-refractivity contribution in [3.05, 3.63) is 59.9 Å². The second-order valence-electron chi connectivity index (χ2n) is 7.79. The number of halogens is 1. The Balaban J connectivity index is 0.00000363. The van der Waals surface area contributed by atoms with Crippen molar-refractivity contribution in [3.63, 3.8) is 0 Å². The first-order valence-corrected chi connectivity index (χ1v) is 10.7. The van der Waals surface area contributed by atoms with Gasteiger partial charge in [-0.1, -0.05) is 24.3 Å². The number of ether oxygens (including phenoxy) is 1. The number of benzene rings is 2. The smallest absolute Gasteiger partial charge is 0.191 e. The molecule has 0 saturated carbocycles. The molecule has 1 aromatic heterocycles. The monoisotopic (exact) mass is 550 g/mol. The minimum atomic E-state index is 0. The van der Waals surface area contributed by atoms with Crippen LogP contribution < -0.4 is 15.4 Å². The van der Waals surface area contributed by atoms with E-state index in [2.05, 4.69) is 81.4 Å². The van der Waals surface area contributed by atoms with Crippen LogP contribution in [0.5, 0.6) is 5.75 Å². The molecule has 0 radical (unpaired) electrons. The van der Waals surface area contributed by atoms with Gasteiger partial charge in [0.2, 0.25) is 0 Å². The van der Waals surface area contributed by atoms with Crippen molar-refractivity contribution in [2.75, 3.05) is 41.3 Å². The maximum atomic E-state index is 5.27. The summed E-state index contributed by atoms with van der Waals surface area (Å²) in [5.74, 6) is 2.73. The number of guanidine groups is 1. The molecule has 1 atom stereocenters. The molecule has 7 nitrogen and oxygen atoms in total. The lowest BCUT2D eigenvalue weighted by molar-refractivity contribution is 0.298. The predicted molar refractivity (Wildman–Crippen MR) is 143 cm³/mol. The summed E-state index contributed by atoms with van der Waals surface area (Å²) in [5, 5.41) is 6.89. The van der Waals surface area contributed by atoms with Gasteiger partial charge >= 0.3 is 0 Å². The molecule has 0 aliphatic carbocycles. The van der Waals surface area contributed by atoms with Crippen LogP contribution in [-0.2, 0) is 6.54 Å². The SMILES string of the molecule is CN=C(NCCCn1c(C)nc2ccccc21)NCC(c1ccc(OC)cc1)N(C)C.I. The van der Waals surface area contributed by atoms with Crippen LogP contribution in [-0.4, -0.2) is 61.8 Å². The van der Waals surface area contributed by atoms with Crippen molar-refractivity contribution in [2.24, 2.45) is 4.99 Å². The fourth-order valence-corrected chi connectivity index (χ4v) is 3.76. The number of rotatable bonds is 9. The first-order chi connectivity index (χ1) is 15.0. The van der Waals surface area contributed by atoms with Gasteiger partial charge in [-0.2, -0.15) is 0 Å². The Hall–Kier alpha value is -2.33. The normalized spacial score (nSPS) is 12.5. The minimum absolute atomic E-state index is 0. The van der Waals surface area contributed by atoms with E-state index >= 15 is 0 Å². The van der Waals surface area contributed by atoms with Crippen LogP contribution in [0.3, 0.4) is 0 Å². The third kappa shape index (κ3) is 6.59. The summed E-state index contributed by atoms with van der Waals surface area (Å²) in [6.07, 6.45) is 0.984. The number of aliphatic imine (C=N–C) groups is 1. The zero-order chi connectivity index (χ0) is 22.2. The van der Waals surface area contributed by atoms with Crippen LogP contribution in [0, 0.1) is 6.92 Å². The number of likely N-dealkylation sites (N-methyl/N-ethyl adjacent to an activating group) is 1. The largest absolute Gasteiger partial charge is 0.497 e. The van der Waals surface area contributed by atoms with Gasteiger partial charge in [-0.05, 0) is 57.3 Å². The number of methoxy groups -OCH3 is 1. The number of nitrogens with one attached hydrogen (secondary N) is 2. The van der Waals surface area contributed by atoms with Crippen LogP contribution in [0.25, 0.3) is 11.0 Å². The molecular weight excluding hydrogens is 515 g/mol. The summed E-state index contributed by atoms with van der Waals surface area (Å²) in [7, 11) is 7.67. The van der Waals surface area contributed by atoms with Crippen LogP contribution in [0.1, 0.15) is 23.9 Å². The highest BCUT2D eigenvalue weighted by Gasteiger charge is 2.15. The molecule has 0 aliphatic rings. The third-order valence-corrected chi connectivity index (χ3v) is 5.51. The topological polar surface area (TPSA) is 66.7 Å². The molecule has 0 amide bonds. The van der Waals surface area contributed by atoms with Crippen LogP contribution >= 0.6 is 24.0 Å². The van der Waals surface area contributed by atoms with E-state index in [1.165, 1.54) is 11.1 Å². The number of aryl methyl sites for hydroxylation is 2. The predicted octanol–water partition coefficient (Wildman–Crippen LogP) is 3.83. The number of fused-ring (bicyclic) bond motifs is 1. The van der Waals surface area contributed by atoms with Crippen LogP contribution in [0.2, 0.25) is 0 Å².